The van der Waals surface area contributed by atoms with E-state index in [1.807, 2.05) is 6.07 Å². The third-order valence-corrected chi connectivity index (χ3v) is 6.52. The molecule has 1 nitrogen and oxygen atoms in total. The molecule has 0 amide bonds. The summed E-state index contributed by atoms with van der Waals surface area (Å²) in [6, 6.07) is 19.2. The maximum absolute atomic E-state index is 3.58. The summed E-state index contributed by atoms with van der Waals surface area (Å²) < 4.78 is 0. The quantitative estimate of drug-likeness (QED) is 0.323. The van der Waals surface area contributed by atoms with Crippen LogP contribution in [-0.2, 0) is 17.1 Å². The standard InChI is InChI=1S/C18H24NP.2C3H9P.Cu/c1-14(2)20(15(3)4)18-13-9-8-12-17(18)19-16-10-6-5-7-11-16;2*1-4(2)3;/h5-15,19H,1-4H3;2*1-3H3;/q;;;+2. The van der Waals surface area contributed by atoms with Crippen LogP contribution >= 0.6 is 23.8 Å². The van der Waals surface area contributed by atoms with Crippen LogP contribution in [0.2, 0.25) is 0 Å². The summed E-state index contributed by atoms with van der Waals surface area (Å²) in [6.45, 7) is 22.7. The van der Waals surface area contributed by atoms with Crippen molar-refractivity contribution in [2.24, 2.45) is 0 Å². The molecule has 2 rings (SSSR count). The van der Waals surface area contributed by atoms with E-state index in [9.17, 15) is 0 Å². The number of anilines is 2. The zero-order valence-corrected chi connectivity index (χ0v) is 23.6. The van der Waals surface area contributed by atoms with Gasteiger partial charge >= 0.3 is 17.1 Å². The molecule has 0 aliphatic carbocycles. The van der Waals surface area contributed by atoms with Crippen molar-refractivity contribution < 1.29 is 17.1 Å². The monoisotopic (exact) mass is 500 g/mol. The second-order valence-electron chi connectivity index (χ2n) is 8.29. The van der Waals surface area contributed by atoms with E-state index in [4.69, 9.17) is 0 Å². The molecule has 0 spiro atoms. The Morgan fingerprint density at radius 2 is 1.00 bits per heavy atom. The van der Waals surface area contributed by atoms with Gasteiger partial charge in [-0.1, -0.05) is 72.0 Å². The number of benzene rings is 2. The van der Waals surface area contributed by atoms with Crippen LogP contribution in [0.4, 0.5) is 11.4 Å². The van der Waals surface area contributed by atoms with Gasteiger partial charge in [0.1, 0.15) is 0 Å². The van der Waals surface area contributed by atoms with Crippen molar-refractivity contribution in [3.63, 3.8) is 0 Å². The average molecular weight is 501 g/mol. The third-order valence-electron chi connectivity index (χ3n) is 3.35. The minimum absolute atomic E-state index is 0. The summed E-state index contributed by atoms with van der Waals surface area (Å²) in [5.41, 5.74) is 3.81. The Morgan fingerprint density at radius 3 is 1.41 bits per heavy atom. The van der Waals surface area contributed by atoms with E-state index in [1.54, 1.807) is 0 Å². The fraction of sp³-hybridized carbons (Fsp3) is 0.500. The molecule has 0 aliphatic rings. The first-order chi connectivity index (χ1) is 13.1. The van der Waals surface area contributed by atoms with Gasteiger partial charge in [0.05, 0.1) is 0 Å². The Bertz CT molecular complexity index is 612. The fourth-order valence-corrected chi connectivity index (χ4v) is 5.61. The summed E-state index contributed by atoms with van der Waals surface area (Å²) >= 11 is 0. The van der Waals surface area contributed by atoms with E-state index in [0.717, 1.165) is 5.69 Å². The van der Waals surface area contributed by atoms with Crippen LogP contribution < -0.4 is 10.6 Å². The van der Waals surface area contributed by atoms with E-state index in [2.05, 4.69) is 122 Å². The molecule has 0 heterocycles. The van der Waals surface area contributed by atoms with Crippen molar-refractivity contribution >= 4 is 40.4 Å². The topological polar surface area (TPSA) is 12.0 Å². The van der Waals surface area contributed by atoms with Crippen molar-refractivity contribution in [2.75, 3.05) is 45.3 Å². The average Bonchev–Trinajstić information content (AvgIpc) is 2.56. The van der Waals surface area contributed by atoms with Crippen LogP contribution in [0.5, 0.6) is 0 Å². The molecule has 2 aromatic rings. The number of rotatable bonds is 5. The minimum Gasteiger partial charge on any atom is -0.355 e. The minimum atomic E-state index is -0.153. The van der Waals surface area contributed by atoms with Crippen molar-refractivity contribution in [3.05, 3.63) is 54.6 Å². The molecule has 0 unspecified atom stereocenters. The maximum atomic E-state index is 3.58. The maximum Gasteiger partial charge on any atom is 2.00 e. The molecular weight excluding hydrogens is 459 g/mol. The number of hydrogen-bond donors (Lipinski definition) is 1. The van der Waals surface area contributed by atoms with Gasteiger partial charge in [-0.15, -0.1) is 15.8 Å². The fourth-order valence-electron chi connectivity index (χ4n) is 2.63. The van der Waals surface area contributed by atoms with Gasteiger partial charge in [-0.3, -0.25) is 0 Å². The van der Waals surface area contributed by atoms with Crippen molar-refractivity contribution in [2.45, 2.75) is 39.0 Å². The largest absolute Gasteiger partial charge is 2.00 e. The normalized spacial score (nSPS) is 10.3. The van der Waals surface area contributed by atoms with Gasteiger partial charge in [0.2, 0.25) is 0 Å². The molecule has 29 heavy (non-hydrogen) atoms. The molecule has 0 aliphatic heterocycles. The molecule has 2 aromatic carbocycles. The van der Waals surface area contributed by atoms with Crippen LogP contribution in [-0.4, -0.2) is 51.3 Å². The molecule has 5 heteroatoms. The second kappa shape index (κ2) is 17.7. The SMILES string of the molecule is CC(C)P(c1ccccc1Nc1ccccc1)C(C)C.CP(C)C.CP(C)C.[Cu+2]. The van der Waals surface area contributed by atoms with Gasteiger partial charge < -0.3 is 5.32 Å². The predicted octanol–water partition coefficient (Wildman–Crippen LogP) is 8.07. The Hall–Kier alpha value is 0.0495. The van der Waals surface area contributed by atoms with Crippen LogP contribution in [0.25, 0.3) is 0 Å². The molecule has 1 N–H and O–H groups in total. The summed E-state index contributed by atoms with van der Waals surface area (Å²) in [5.74, 6) is 0. The van der Waals surface area contributed by atoms with E-state index >= 15 is 0 Å². The Labute approximate surface area is 196 Å². The number of hydrogen-bond acceptors (Lipinski definition) is 1. The predicted molar refractivity (Wildman–Crippen MR) is 142 cm³/mol. The molecule has 0 saturated heterocycles. The second-order valence-corrected chi connectivity index (χ2v) is 17.0. The summed E-state index contributed by atoms with van der Waals surface area (Å²) in [5, 5.41) is 5.06. The van der Waals surface area contributed by atoms with Crippen molar-refractivity contribution in [1.29, 1.82) is 0 Å². The molecule has 0 aromatic heterocycles. The molecule has 0 fully saturated rings. The van der Waals surface area contributed by atoms with Gasteiger partial charge in [0.25, 0.3) is 0 Å². The van der Waals surface area contributed by atoms with Crippen molar-refractivity contribution in [1.82, 2.24) is 0 Å². The molecule has 0 bridgehead atoms. The smallest absolute Gasteiger partial charge is 0.355 e. The summed E-state index contributed by atoms with van der Waals surface area (Å²) in [7, 11) is 0.606. The van der Waals surface area contributed by atoms with E-state index < -0.39 is 0 Å². The summed E-state index contributed by atoms with van der Waals surface area (Å²) in [6.07, 6.45) is 0. The van der Waals surface area contributed by atoms with Gasteiger partial charge in [-0.05, 0) is 74.8 Å². The first-order valence-corrected chi connectivity index (χ1v) is 16.8. The summed E-state index contributed by atoms with van der Waals surface area (Å²) in [4.78, 5) is 0. The number of nitrogens with one attached hydrogen (secondary N) is 1. The van der Waals surface area contributed by atoms with Gasteiger partial charge in [-0.25, -0.2) is 0 Å². The Kier molecular flexibility index (Phi) is 19.1. The molecule has 167 valence electrons. The van der Waals surface area contributed by atoms with E-state index in [0.29, 0.717) is 27.2 Å². The molecule has 0 saturated carbocycles. The van der Waals surface area contributed by atoms with E-state index in [1.165, 1.54) is 11.0 Å². The van der Waals surface area contributed by atoms with Crippen molar-refractivity contribution in [3.8, 4) is 0 Å². The Balaban J connectivity index is 0. The van der Waals surface area contributed by atoms with Crippen LogP contribution in [0, 0.1) is 0 Å². The van der Waals surface area contributed by atoms with Gasteiger partial charge in [-0.2, -0.15) is 0 Å². The van der Waals surface area contributed by atoms with Crippen LogP contribution in [0.15, 0.2) is 54.6 Å². The zero-order valence-electron chi connectivity index (χ0n) is 20.0. The zero-order chi connectivity index (χ0) is 21.7. The first-order valence-electron chi connectivity index (χ1n) is 9.97. The third kappa shape index (κ3) is 15.5. The molecule has 0 atom stereocenters. The van der Waals surface area contributed by atoms with Gasteiger partial charge in [0, 0.05) is 11.4 Å². The number of para-hydroxylation sites is 2. The van der Waals surface area contributed by atoms with Gasteiger partial charge in [0.15, 0.2) is 0 Å². The van der Waals surface area contributed by atoms with Crippen LogP contribution in [0.1, 0.15) is 27.7 Å². The molecular formula is C24H42CuNP3+2. The van der Waals surface area contributed by atoms with E-state index in [-0.39, 0.29) is 25.0 Å². The Morgan fingerprint density at radius 1 is 0.621 bits per heavy atom. The molecule has 1 radical (unpaired) electrons. The van der Waals surface area contributed by atoms with Crippen LogP contribution in [0.3, 0.4) is 0 Å². The first kappa shape index (κ1) is 31.2.